The molecule has 0 atom stereocenters. The number of halogens is 1. The highest BCUT2D eigenvalue weighted by Gasteiger charge is 2.24. The predicted octanol–water partition coefficient (Wildman–Crippen LogP) is 0.660. The van der Waals surface area contributed by atoms with Crippen LogP contribution in [0.1, 0.15) is 10.4 Å². The van der Waals surface area contributed by atoms with Crippen LogP contribution in [0.15, 0.2) is 18.2 Å². The number of carbonyl (C=O) groups excluding carboxylic acids is 1. The normalized spacial score (nSPS) is 15.8. The number of carbonyl (C=O) groups is 1. The minimum absolute atomic E-state index is 0.0866. The van der Waals surface area contributed by atoms with Crippen molar-refractivity contribution in [3.8, 4) is 5.75 Å². The molecule has 4 nitrogen and oxygen atoms in total. The number of ether oxygens (including phenoxy) is 1. The average Bonchev–Trinajstić information content (AvgIpc) is 2.11. The lowest BCUT2D eigenvalue weighted by molar-refractivity contribution is -0.00357. The molecule has 5 heteroatoms. The maximum Gasteiger partial charge on any atom is 0.258 e. The van der Waals surface area contributed by atoms with Gasteiger partial charge >= 0.3 is 0 Å². The van der Waals surface area contributed by atoms with Gasteiger partial charge in [0.2, 0.25) is 0 Å². The fourth-order valence-corrected chi connectivity index (χ4v) is 1.31. The maximum absolute atomic E-state index is 13.2. The van der Waals surface area contributed by atoms with E-state index < -0.39 is 11.7 Å². The van der Waals surface area contributed by atoms with Crippen molar-refractivity contribution in [2.24, 2.45) is 0 Å². The number of rotatable bonds is 2. The van der Waals surface area contributed by atoms with E-state index in [2.05, 4.69) is 5.32 Å². The number of hydrogen-bond acceptors (Lipinski definition) is 3. The summed E-state index contributed by atoms with van der Waals surface area (Å²) in [5, 5.41) is 11.9. The number of phenols is 1. The van der Waals surface area contributed by atoms with Gasteiger partial charge in [-0.3, -0.25) is 4.79 Å². The summed E-state index contributed by atoms with van der Waals surface area (Å²) in [6.45, 7) is 0.863. The summed E-state index contributed by atoms with van der Waals surface area (Å²) in [7, 11) is 0. The molecule has 1 aliphatic heterocycles. The Kier molecular flexibility index (Phi) is 2.55. The number of hydrogen-bond donors (Lipinski definition) is 2. The summed E-state index contributed by atoms with van der Waals surface area (Å²) >= 11 is 0. The molecule has 1 saturated heterocycles. The number of phenolic OH excluding ortho intramolecular Hbond substituents is 1. The second kappa shape index (κ2) is 3.86. The summed E-state index contributed by atoms with van der Waals surface area (Å²) in [5.41, 5.74) is -0.315. The van der Waals surface area contributed by atoms with Crippen molar-refractivity contribution < 1.29 is 19.0 Å². The Hall–Kier alpha value is -1.62. The van der Waals surface area contributed by atoms with Crippen LogP contribution in [0.25, 0.3) is 0 Å². The molecule has 0 saturated carbocycles. The van der Waals surface area contributed by atoms with Crippen molar-refractivity contribution >= 4 is 5.91 Å². The van der Waals surface area contributed by atoms with Crippen LogP contribution in [0.4, 0.5) is 4.39 Å². The Labute approximate surface area is 85.7 Å². The minimum Gasteiger partial charge on any atom is -0.507 e. The lowest BCUT2D eigenvalue weighted by Crippen LogP contribution is -2.48. The van der Waals surface area contributed by atoms with Crippen molar-refractivity contribution in [3.05, 3.63) is 29.6 Å². The van der Waals surface area contributed by atoms with E-state index in [-0.39, 0.29) is 17.4 Å². The maximum atomic E-state index is 13.2. The summed E-state index contributed by atoms with van der Waals surface area (Å²) in [5.74, 6) is -1.70. The quantitative estimate of drug-likeness (QED) is 0.755. The molecule has 2 rings (SSSR count). The zero-order valence-corrected chi connectivity index (χ0v) is 7.87. The van der Waals surface area contributed by atoms with Crippen LogP contribution in [0.3, 0.4) is 0 Å². The molecule has 15 heavy (non-hydrogen) atoms. The summed E-state index contributed by atoms with van der Waals surface area (Å²) in [6, 6.07) is 3.66. The largest absolute Gasteiger partial charge is 0.507 e. The molecule has 0 aromatic heterocycles. The number of amides is 1. The Morgan fingerprint density at radius 3 is 2.80 bits per heavy atom. The van der Waals surface area contributed by atoms with Crippen LogP contribution in [-0.4, -0.2) is 30.3 Å². The van der Waals surface area contributed by atoms with Gasteiger partial charge in [0.25, 0.3) is 5.91 Å². The van der Waals surface area contributed by atoms with Gasteiger partial charge in [0.05, 0.1) is 19.3 Å². The van der Waals surface area contributed by atoms with Crippen LogP contribution in [-0.2, 0) is 4.74 Å². The molecule has 1 aliphatic rings. The van der Waals surface area contributed by atoms with E-state index in [0.29, 0.717) is 13.2 Å². The molecule has 0 spiro atoms. The standard InChI is InChI=1S/C10H10FNO3/c11-7-2-1-3-8(13)9(7)10(14)12-6-4-15-5-6/h1-3,6,13H,4-5H2,(H,12,14). The molecule has 1 amide bonds. The zero-order valence-electron chi connectivity index (χ0n) is 7.87. The molecule has 0 bridgehead atoms. The summed E-state index contributed by atoms with van der Waals surface area (Å²) in [4.78, 5) is 11.5. The molecule has 1 fully saturated rings. The first-order valence-electron chi connectivity index (χ1n) is 4.54. The first-order valence-corrected chi connectivity index (χ1v) is 4.54. The van der Waals surface area contributed by atoms with Gasteiger partial charge in [0.15, 0.2) is 0 Å². The monoisotopic (exact) mass is 211 g/mol. The predicted molar refractivity (Wildman–Crippen MR) is 50.1 cm³/mol. The third kappa shape index (κ3) is 1.92. The molecule has 2 N–H and O–H groups in total. The highest BCUT2D eigenvalue weighted by molar-refractivity contribution is 5.97. The Morgan fingerprint density at radius 2 is 2.27 bits per heavy atom. The molecular formula is C10H10FNO3. The van der Waals surface area contributed by atoms with Gasteiger partial charge in [-0.25, -0.2) is 4.39 Å². The van der Waals surface area contributed by atoms with E-state index in [1.54, 1.807) is 0 Å². The highest BCUT2D eigenvalue weighted by Crippen LogP contribution is 2.19. The molecule has 1 aromatic rings. The summed E-state index contributed by atoms with van der Waals surface area (Å²) in [6.07, 6.45) is 0. The molecule has 0 unspecified atom stereocenters. The van der Waals surface area contributed by atoms with E-state index >= 15 is 0 Å². The molecule has 1 aromatic carbocycles. The van der Waals surface area contributed by atoms with Crippen molar-refractivity contribution in [2.45, 2.75) is 6.04 Å². The van der Waals surface area contributed by atoms with Crippen molar-refractivity contribution in [1.82, 2.24) is 5.32 Å². The van der Waals surface area contributed by atoms with E-state index in [1.165, 1.54) is 12.1 Å². The van der Waals surface area contributed by atoms with Gasteiger partial charge in [-0.2, -0.15) is 0 Å². The summed E-state index contributed by atoms with van der Waals surface area (Å²) < 4.78 is 18.1. The van der Waals surface area contributed by atoms with Crippen LogP contribution in [0.5, 0.6) is 5.75 Å². The lowest BCUT2D eigenvalue weighted by Gasteiger charge is -2.26. The topological polar surface area (TPSA) is 58.6 Å². The van der Waals surface area contributed by atoms with E-state index in [9.17, 15) is 14.3 Å². The van der Waals surface area contributed by atoms with Gasteiger partial charge in [-0.15, -0.1) is 0 Å². The number of aromatic hydroxyl groups is 1. The molecular weight excluding hydrogens is 201 g/mol. The van der Waals surface area contributed by atoms with E-state index in [1.807, 2.05) is 0 Å². The molecule has 0 radical (unpaired) electrons. The molecule has 80 valence electrons. The third-order valence-electron chi connectivity index (χ3n) is 2.19. The SMILES string of the molecule is O=C(NC1COC1)c1c(O)cccc1F. The van der Waals surface area contributed by atoms with Gasteiger partial charge in [0, 0.05) is 0 Å². The van der Waals surface area contributed by atoms with Gasteiger partial charge in [0.1, 0.15) is 17.1 Å². The van der Waals surface area contributed by atoms with Crippen molar-refractivity contribution in [1.29, 1.82) is 0 Å². The third-order valence-corrected chi connectivity index (χ3v) is 2.19. The fourth-order valence-electron chi connectivity index (χ4n) is 1.31. The van der Waals surface area contributed by atoms with Crippen LogP contribution in [0.2, 0.25) is 0 Å². The van der Waals surface area contributed by atoms with E-state index in [4.69, 9.17) is 4.74 Å². The average molecular weight is 211 g/mol. The van der Waals surface area contributed by atoms with Crippen LogP contribution < -0.4 is 5.32 Å². The van der Waals surface area contributed by atoms with Crippen LogP contribution in [0, 0.1) is 5.82 Å². The van der Waals surface area contributed by atoms with Crippen molar-refractivity contribution in [2.75, 3.05) is 13.2 Å². The van der Waals surface area contributed by atoms with Crippen molar-refractivity contribution in [3.63, 3.8) is 0 Å². The Balaban J connectivity index is 2.16. The molecule has 0 aliphatic carbocycles. The molecule has 1 heterocycles. The van der Waals surface area contributed by atoms with Gasteiger partial charge in [-0.1, -0.05) is 6.07 Å². The van der Waals surface area contributed by atoms with Gasteiger partial charge < -0.3 is 15.2 Å². The number of benzene rings is 1. The Bertz CT molecular complexity index is 370. The number of nitrogens with one attached hydrogen (secondary N) is 1. The smallest absolute Gasteiger partial charge is 0.258 e. The second-order valence-corrected chi connectivity index (χ2v) is 3.34. The van der Waals surface area contributed by atoms with E-state index in [0.717, 1.165) is 6.07 Å². The Morgan fingerprint density at radius 1 is 1.53 bits per heavy atom. The first-order chi connectivity index (χ1) is 7.18. The fraction of sp³-hybridized carbons (Fsp3) is 0.300. The minimum atomic E-state index is -0.729. The van der Waals surface area contributed by atoms with Gasteiger partial charge in [-0.05, 0) is 12.1 Å². The first kappa shape index (κ1) is 9.92. The lowest BCUT2D eigenvalue weighted by atomic mass is 10.1. The highest BCUT2D eigenvalue weighted by atomic mass is 19.1. The zero-order chi connectivity index (χ0) is 10.8. The van der Waals surface area contributed by atoms with Crippen LogP contribution >= 0.6 is 0 Å². The second-order valence-electron chi connectivity index (χ2n) is 3.34.